The molecule has 4 nitrogen and oxygen atoms in total. The van der Waals surface area contributed by atoms with E-state index in [1.54, 1.807) is 6.92 Å². The van der Waals surface area contributed by atoms with E-state index in [2.05, 4.69) is 13.5 Å². The third-order valence-electron chi connectivity index (χ3n) is 8.75. The van der Waals surface area contributed by atoms with Gasteiger partial charge in [0.2, 0.25) is 0 Å². The molecule has 3 atom stereocenters. The number of carbonyl (C=O) groups is 1. The Morgan fingerprint density at radius 3 is 2.22 bits per heavy atom. The maximum Gasteiger partial charge on any atom is 0.333 e. The summed E-state index contributed by atoms with van der Waals surface area (Å²) in [7, 11) is 0. The van der Waals surface area contributed by atoms with Crippen LogP contribution in [0.5, 0.6) is 0 Å². The summed E-state index contributed by atoms with van der Waals surface area (Å²) in [5.74, 6) is 1.09. The first-order valence-electron chi connectivity index (χ1n) is 13.5. The minimum atomic E-state index is -0.294. The molecule has 1 saturated heterocycles. The fraction of sp³-hybridized carbons (Fsp3) is 0.893. The highest BCUT2D eigenvalue weighted by Crippen LogP contribution is 2.60. The molecule has 0 aromatic carbocycles. The van der Waals surface area contributed by atoms with Gasteiger partial charge in [-0.1, -0.05) is 52.0 Å². The SMILES string of the molecule is C=C(C)C(=O)OC12CC3CC(CC(OCCCCCCCC4(CCCC)CCO4)(C3)C1)C2. The van der Waals surface area contributed by atoms with E-state index in [4.69, 9.17) is 14.2 Å². The summed E-state index contributed by atoms with van der Waals surface area (Å²) in [5.41, 5.74) is 0.404. The molecule has 0 spiro atoms. The Morgan fingerprint density at radius 2 is 1.59 bits per heavy atom. The second kappa shape index (κ2) is 10.2. The molecule has 0 amide bonds. The Kier molecular flexibility index (Phi) is 7.71. The quantitative estimate of drug-likeness (QED) is 0.165. The molecule has 32 heavy (non-hydrogen) atoms. The average molecular weight is 447 g/mol. The number of ether oxygens (including phenoxy) is 3. The number of hydrogen-bond donors (Lipinski definition) is 0. The van der Waals surface area contributed by atoms with Crippen LogP contribution >= 0.6 is 0 Å². The predicted molar refractivity (Wildman–Crippen MR) is 128 cm³/mol. The molecule has 0 aromatic rings. The van der Waals surface area contributed by atoms with Crippen LogP contribution in [-0.2, 0) is 19.0 Å². The van der Waals surface area contributed by atoms with Crippen LogP contribution in [0.1, 0.15) is 117 Å². The van der Waals surface area contributed by atoms with E-state index in [1.807, 2.05) is 0 Å². The number of esters is 1. The summed E-state index contributed by atoms with van der Waals surface area (Å²) in [6.07, 6.45) is 19.2. The van der Waals surface area contributed by atoms with Crippen molar-refractivity contribution in [3.05, 3.63) is 12.2 Å². The Bertz CT molecular complexity index is 650. The molecule has 182 valence electrons. The van der Waals surface area contributed by atoms with Crippen molar-refractivity contribution in [3.8, 4) is 0 Å². The summed E-state index contributed by atoms with van der Waals surface area (Å²) < 4.78 is 18.6. The van der Waals surface area contributed by atoms with Gasteiger partial charge in [-0.05, 0) is 76.5 Å². The summed E-state index contributed by atoms with van der Waals surface area (Å²) in [5, 5.41) is 0. The average Bonchev–Trinajstić information content (AvgIpc) is 2.69. The van der Waals surface area contributed by atoms with Crippen LogP contribution < -0.4 is 0 Å². The van der Waals surface area contributed by atoms with Crippen LogP contribution in [0.15, 0.2) is 12.2 Å². The molecule has 5 aliphatic rings. The third-order valence-corrected chi connectivity index (χ3v) is 8.75. The first-order valence-corrected chi connectivity index (χ1v) is 13.5. The molecule has 3 unspecified atom stereocenters. The summed E-state index contributed by atoms with van der Waals surface area (Å²) in [6.45, 7) is 9.63. The number of unbranched alkanes of at least 4 members (excludes halogenated alkanes) is 5. The molecular weight excluding hydrogens is 400 g/mol. The van der Waals surface area contributed by atoms with E-state index >= 15 is 0 Å². The molecule has 5 rings (SSSR count). The fourth-order valence-electron chi connectivity index (χ4n) is 7.45. The second-order valence-corrected chi connectivity index (χ2v) is 11.7. The zero-order valence-corrected chi connectivity index (χ0v) is 20.7. The Balaban J connectivity index is 1.15. The molecule has 0 N–H and O–H groups in total. The first kappa shape index (κ1) is 24.3. The van der Waals surface area contributed by atoms with E-state index in [9.17, 15) is 4.79 Å². The molecule has 5 fully saturated rings. The maximum atomic E-state index is 12.3. The first-order chi connectivity index (χ1) is 15.4. The molecule has 0 radical (unpaired) electrons. The molecule has 4 heteroatoms. The summed E-state index contributed by atoms with van der Waals surface area (Å²) in [4.78, 5) is 12.3. The highest BCUT2D eigenvalue weighted by molar-refractivity contribution is 5.87. The molecule has 0 aromatic heterocycles. The standard InChI is InChI=1S/C28H46O4/c1-4-5-11-26(13-15-31-26)12-9-7-6-8-10-14-30-27-17-23-16-24(18-27)20-28(19-23,21-27)32-25(29)22(2)3/h23-24H,2,4-21H2,1,3H3. The van der Waals surface area contributed by atoms with Crippen LogP contribution in [0, 0.1) is 11.8 Å². The van der Waals surface area contributed by atoms with Crippen molar-refractivity contribution in [1.82, 2.24) is 0 Å². The van der Waals surface area contributed by atoms with Gasteiger partial charge >= 0.3 is 5.97 Å². The molecule has 4 bridgehead atoms. The third kappa shape index (κ3) is 5.60. The number of rotatable bonds is 14. The van der Waals surface area contributed by atoms with E-state index in [0.717, 1.165) is 51.7 Å². The molecule has 4 saturated carbocycles. The van der Waals surface area contributed by atoms with Gasteiger partial charge in [0.05, 0.1) is 17.8 Å². The van der Waals surface area contributed by atoms with Crippen molar-refractivity contribution in [1.29, 1.82) is 0 Å². The summed E-state index contributed by atoms with van der Waals surface area (Å²) in [6, 6.07) is 0. The van der Waals surface area contributed by atoms with E-state index in [1.165, 1.54) is 64.2 Å². The van der Waals surface area contributed by atoms with Crippen LogP contribution in [0.3, 0.4) is 0 Å². The van der Waals surface area contributed by atoms with Crippen LogP contribution in [-0.4, -0.2) is 36.0 Å². The van der Waals surface area contributed by atoms with Crippen molar-refractivity contribution in [2.24, 2.45) is 11.8 Å². The Hall–Kier alpha value is -0.870. The lowest BCUT2D eigenvalue weighted by molar-refractivity contribution is -0.232. The maximum absolute atomic E-state index is 12.3. The lowest BCUT2D eigenvalue weighted by Crippen LogP contribution is -2.61. The lowest BCUT2D eigenvalue weighted by Gasteiger charge is -2.60. The highest BCUT2D eigenvalue weighted by atomic mass is 16.6. The van der Waals surface area contributed by atoms with Crippen LogP contribution in [0.4, 0.5) is 0 Å². The van der Waals surface area contributed by atoms with Gasteiger partial charge in [-0.2, -0.15) is 0 Å². The van der Waals surface area contributed by atoms with Crippen molar-refractivity contribution >= 4 is 5.97 Å². The van der Waals surface area contributed by atoms with Gasteiger partial charge in [0.25, 0.3) is 0 Å². The Morgan fingerprint density at radius 1 is 0.969 bits per heavy atom. The van der Waals surface area contributed by atoms with Crippen molar-refractivity contribution < 1.29 is 19.0 Å². The summed E-state index contributed by atoms with van der Waals surface area (Å²) >= 11 is 0. The van der Waals surface area contributed by atoms with Gasteiger partial charge in [-0.15, -0.1) is 0 Å². The van der Waals surface area contributed by atoms with Gasteiger partial charge in [-0.25, -0.2) is 4.79 Å². The fourth-order valence-corrected chi connectivity index (χ4v) is 7.45. The molecule has 4 aliphatic carbocycles. The van der Waals surface area contributed by atoms with Crippen molar-refractivity contribution in [2.75, 3.05) is 13.2 Å². The van der Waals surface area contributed by atoms with E-state index in [0.29, 0.717) is 17.4 Å². The Labute approximate surface area is 195 Å². The van der Waals surface area contributed by atoms with Crippen molar-refractivity contribution in [2.45, 2.75) is 133 Å². The second-order valence-electron chi connectivity index (χ2n) is 11.7. The van der Waals surface area contributed by atoms with Gasteiger partial charge in [0.1, 0.15) is 5.60 Å². The minimum absolute atomic E-state index is 0.0489. The predicted octanol–water partition coefficient (Wildman–Crippen LogP) is 6.90. The van der Waals surface area contributed by atoms with Gasteiger partial charge in [0, 0.05) is 18.6 Å². The largest absolute Gasteiger partial charge is 0.456 e. The molecular formula is C28H46O4. The number of carbonyl (C=O) groups excluding carboxylic acids is 1. The smallest absolute Gasteiger partial charge is 0.333 e. The van der Waals surface area contributed by atoms with Crippen LogP contribution in [0.2, 0.25) is 0 Å². The highest BCUT2D eigenvalue weighted by Gasteiger charge is 2.60. The lowest BCUT2D eigenvalue weighted by atomic mass is 9.52. The van der Waals surface area contributed by atoms with Gasteiger partial charge in [0.15, 0.2) is 0 Å². The van der Waals surface area contributed by atoms with Crippen LogP contribution in [0.25, 0.3) is 0 Å². The monoisotopic (exact) mass is 446 g/mol. The van der Waals surface area contributed by atoms with E-state index in [-0.39, 0.29) is 22.8 Å². The molecule has 1 heterocycles. The molecule has 1 aliphatic heterocycles. The minimum Gasteiger partial charge on any atom is -0.456 e. The van der Waals surface area contributed by atoms with Gasteiger partial charge in [-0.3, -0.25) is 0 Å². The number of hydrogen-bond acceptors (Lipinski definition) is 4. The van der Waals surface area contributed by atoms with E-state index < -0.39 is 0 Å². The van der Waals surface area contributed by atoms with Crippen molar-refractivity contribution in [3.63, 3.8) is 0 Å². The van der Waals surface area contributed by atoms with Gasteiger partial charge < -0.3 is 14.2 Å². The zero-order chi connectivity index (χ0) is 22.7. The zero-order valence-electron chi connectivity index (χ0n) is 20.7. The normalized spacial score (nSPS) is 37.3. The topological polar surface area (TPSA) is 44.8 Å².